The Morgan fingerprint density at radius 2 is 1.88 bits per heavy atom. The van der Waals surface area contributed by atoms with Gasteiger partial charge in [0.2, 0.25) is 9.84 Å². The number of nitrogens with zero attached hydrogens (tertiary/aromatic N) is 1. The third-order valence-corrected chi connectivity index (χ3v) is 9.33. The molecular weight excluding hydrogens is 485 g/mol. The second kappa shape index (κ2) is 9.67. The minimum Gasteiger partial charge on any atom is -0.406 e. The summed E-state index contributed by atoms with van der Waals surface area (Å²) in [5, 5.41) is 4.07. The highest BCUT2D eigenvalue weighted by Gasteiger charge is 2.34. The molecule has 3 aromatic rings. The summed E-state index contributed by atoms with van der Waals surface area (Å²) < 4.78 is 70.4. The molecule has 1 aromatic heterocycles. The first kappa shape index (κ1) is 24.7. The van der Waals surface area contributed by atoms with Crippen LogP contribution < -0.4 is 10.1 Å². The van der Waals surface area contributed by atoms with Crippen LogP contribution in [0.4, 0.5) is 13.2 Å². The SMILES string of the molecule is Cc1nc(C)c(S(=O)(=O)c2ccc(OC(F)(F)F)c(CC3CCCN[C@@H]3c3ccccc3)c2)s1. The van der Waals surface area contributed by atoms with E-state index in [9.17, 15) is 21.6 Å². The normalized spacial score (nSPS) is 19.2. The minimum absolute atomic E-state index is 0.0305. The Labute approximate surface area is 200 Å². The summed E-state index contributed by atoms with van der Waals surface area (Å²) in [5.74, 6) is -0.405. The van der Waals surface area contributed by atoms with Gasteiger partial charge in [0.1, 0.15) is 9.96 Å². The van der Waals surface area contributed by atoms with Crippen LogP contribution in [0.1, 0.15) is 40.7 Å². The number of aromatic nitrogens is 1. The van der Waals surface area contributed by atoms with Crippen molar-refractivity contribution in [3.8, 4) is 5.75 Å². The summed E-state index contributed by atoms with van der Waals surface area (Å²) in [6.45, 7) is 4.12. The van der Waals surface area contributed by atoms with Crippen molar-refractivity contribution in [2.45, 2.75) is 54.6 Å². The van der Waals surface area contributed by atoms with Gasteiger partial charge in [-0.1, -0.05) is 30.3 Å². The highest BCUT2D eigenvalue weighted by Crippen LogP contribution is 2.38. The number of sulfone groups is 1. The zero-order valence-corrected chi connectivity index (χ0v) is 20.4. The van der Waals surface area contributed by atoms with Gasteiger partial charge in [-0.15, -0.1) is 24.5 Å². The van der Waals surface area contributed by atoms with Crippen LogP contribution in [-0.2, 0) is 16.3 Å². The maximum absolute atomic E-state index is 13.3. The number of rotatable bonds is 6. The monoisotopic (exact) mass is 510 g/mol. The number of ether oxygens (including phenoxy) is 1. The highest BCUT2D eigenvalue weighted by atomic mass is 32.2. The van der Waals surface area contributed by atoms with Crippen molar-refractivity contribution in [3.63, 3.8) is 0 Å². The molecule has 34 heavy (non-hydrogen) atoms. The predicted octanol–water partition coefficient (Wildman–Crippen LogP) is 5.77. The topological polar surface area (TPSA) is 68.3 Å². The Kier molecular flexibility index (Phi) is 7.02. The molecule has 4 rings (SSSR count). The van der Waals surface area contributed by atoms with Crippen molar-refractivity contribution in [1.29, 1.82) is 0 Å². The number of thiazole rings is 1. The maximum atomic E-state index is 13.3. The molecule has 0 saturated carbocycles. The van der Waals surface area contributed by atoms with Crippen LogP contribution in [0.25, 0.3) is 0 Å². The van der Waals surface area contributed by atoms with E-state index in [1.54, 1.807) is 13.8 Å². The molecule has 0 bridgehead atoms. The summed E-state index contributed by atoms with van der Waals surface area (Å²) in [6, 6.07) is 13.3. The first-order valence-electron chi connectivity index (χ1n) is 10.9. The summed E-state index contributed by atoms with van der Waals surface area (Å²) in [7, 11) is -3.93. The average Bonchev–Trinajstić information content (AvgIpc) is 3.13. The molecule has 0 amide bonds. The second-order valence-corrected chi connectivity index (χ2v) is 11.7. The van der Waals surface area contributed by atoms with Crippen molar-refractivity contribution in [2.24, 2.45) is 5.92 Å². The molecule has 1 N–H and O–H groups in total. The largest absolute Gasteiger partial charge is 0.573 e. The first-order chi connectivity index (χ1) is 16.0. The van der Waals surface area contributed by atoms with Gasteiger partial charge in [0.05, 0.1) is 15.6 Å². The lowest BCUT2D eigenvalue weighted by molar-refractivity contribution is -0.274. The number of hydrogen-bond acceptors (Lipinski definition) is 6. The van der Waals surface area contributed by atoms with Crippen LogP contribution in [0.3, 0.4) is 0 Å². The van der Waals surface area contributed by atoms with E-state index < -0.39 is 16.2 Å². The molecule has 2 atom stereocenters. The number of piperidine rings is 1. The van der Waals surface area contributed by atoms with Crippen molar-refractivity contribution in [1.82, 2.24) is 10.3 Å². The molecule has 0 aliphatic carbocycles. The van der Waals surface area contributed by atoms with E-state index in [-0.39, 0.29) is 38.8 Å². The molecule has 10 heteroatoms. The molecular formula is C24H25F3N2O3S2. The van der Waals surface area contributed by atoms with E-state index in [2.05, 4.69) is 15.0 Å². The molecule has 2 aromatic carbocycles. The molecule has 0 radical (unpaired) electrons. The fraction of sp³-hybridized carbons (Fsp3) is 0.375. The number of benzene rings is 2. The first-order valence-corrected chi connectivity index (χ1v) is 13.2. The van der Waals surface area contributed by atoms with E-state index in [0.717, 1.165) is 42.4 Å². The van der Waals surface area contributed by atoms with Crippen molar-refractivity contribution in [2.75, 3.05) is 6.54 Å². The molecule has 182 valence electrons. The van der Waals surface area contributed by atoms with E-state index >= 15 is 0 Å². The Bertz CT molecular complexity index is 1260. The summed E-state index contributed by atoms with van der Waals surface area (Å²) in [4.78, 5) is 4.12. The third kappa shape index (κ3) is 5.45. The zero-order valence-electron chi connectivity index (χ0n) is 18.7. The molecule has 2 heterocycles. The van der Waals surface area contributed by atoms with Gasteiger partial charge in [0, 0.05) is 6.04 Å². The van der Waals surface area contributed by atoms with E-state index in [1.807, 2.05) is 30.3 Å². The Balaban J connectivity index is 1.74. The van der Waals surface area contributed by atoms with Crippen molar-refractivity contribution >= 4 is 21.2 Å². The standard InChI is InChI=1S/C24H25F3N2O3S2/c1-15-23(33-16(2)29-15)34(30,31)20-10-11-21(32-24(25,26)27)19(14-20)13-18-9-6-12-28-22(18)17-7-4-3-5-8-17/h3-5,7-8,10-11,14,18,22,28H,6,9,12-13H2,1-2H3/t18?,22-/m1/s1. The molecule has 1 unspecified atom stereocenters. The minimum atomic E-state index is -4.88. The third-order valence-electron chi connectivity index (χ3n) is 5.90. The predicted molar refractivity (Wildman–Crippen MR) is 124 cm³/mol. The van der Waals surface area contributed by atoms with Crippen LogP contribution in [-0.4, -0.2) is 26.3 Å². The van der Waals surface area contributed by atoms with Crippen LogP contribution in [0, 0.1) is 19.8 Å². The van der Waals surface area contributed by atoms with E-state index in [4.69, 9.17) is 0 Å². The van der Waals surface area contributed by atoms with E-state index in [1.165, 1.54) is 12.1 Å². The van der Waals surface area contributed by atoms with Gasteiger partial charge in [0.25, 0.3) is 0 Å². The lowest BCUT2D eigenvalue weighted by Gasteiger charge is -2.33. The van der Waals surface area contributed by atoms with Gasteiger partial charge in [-0.3, -0.25) is 0 Å². The molecule has 1 fully saturated rings. The molecule has 1 saturated heterocycles. The number of aryl methyl sites for hydroxylation is 2. The second-order valence-electron chi connectivity index (χ2n) is 8.38. The highest BCUT2D eigenvalue weighted by molar-refractivity contribution is 7.93. The summed E-state index contributed by atoms with van der Waals surface area (Å²) >= 11 is 1.05. The van der Waals surface area contributed by atoms with Gasteiger partial charge < -0.3 is 10.1 Å². The smallest absolute Gasteiger partial charge is 0.406 e. The van der Waals surface area contributed by atoms with Crippen molar-refractivity contribution < 1.29 is 26.3 Å². The van der Waals surface area contributed by atoms with Gasteiger partial charge in [-0.05, 0) is 74.9 Å². The van der Waals surface area contributed by atoms with Crippen LogP contribution in [0.15, 0.2) is 57.6 Å². The molecule has 0 spiro atoms. The zero-order chi connectivity index (χ0) is 24.5. The van der Waals surface area contributed by atoms with Crippen LogP contribution in [0.2, 0.25) is 0 Å². The number of nitrogens with one attached hydrogen (secondary N) is 1. The lowest BCUT2D eigenvalue weighted by Crippen LogP contribution is -2.35. The van der Waals surface area contributed by atoms with Gasteiger partial charge in [-0.25, -0.2) is 13.4 Å². The van der Waals surface area contributed by atoms with Gasteiger partial charge in [-0.2, -0.15) is 0 Å². The van der Waals surface area contributed by atoms with Gasteiger partial charge >= 0.3 is 6.36 Å². The molecule has 5 nitrogen and oxygen atoms in total. The Morgan fingerprint density at radius 1 is 1.15 bits per heavy atom. The van der Waals surface area contributed by atoms with E-state index in [0.29, 0.717) is 10.7 Å². The average molecular weight is 511 g/mol. The molecule has 1 aliphatic rings. The number of halogens is 3. The summed E-state index contributed by atoms with van der Waals surface area (Å²) in [6.07, 6.45) is -2.98. The number of alkyl halides is 3. The summed E-state index contributed by atoms with van der Waals surface area (Å²) in [5.41, 5.74) is 1.64. The quantitative estimate of drug-likeness (QED) is 0.456. The fourth-order valence-corrected chi connectivity index (χ4v) is 7.41. The van der Waals surface area contributed by atoms with Crippen molar-refractivity contribution in [3.05, 3.63) is 70.4 Å². The number of hydrogen-bond donors (Lipinski definition) is 1. The van der Waals surface area contributed by atoms with Crippen LogP contribution >= 0.6 is 11.3 Å². The van der Waals surface area contributed by atoms with Gasteiger partial charge in [0.15, 0.2) is 0 Å². The molecule has 1 aliphatic heterocycles. The fourth-order valence-electron chi connectivity index (χ4n) is 4.48. The maximum Gasteiger partial charge on any atom is 0.573 e. The Morgan fingerprint density at radius 3 is 2.53 bits per heavy atom. The lowest BCUT2D eigenvalue weighted by atomic mass is 9.82. The Hall–Kier alpha value is -2.43. The van der Waals surface area contributed by atoms with Crippen LogP contribution in [0.5, 0.6) is 5.75 Å².